The van der Waals surface area contributed by atoms with Crippen LogP contribution in [0.2, 0.25) is 0 Å². The third-order valence-corrected chi connectivity index (χ3v) is 5.14. The van der Waals surface area contributed by atoms with E-state index in [4.69, 9.17) is 0 Å². The van der Waals surface area contributed by atoms with Crippen LogP contribution in [0.4, 0.5) is 11.6 Å². The average Bonchev–Trinajstić information content (AvgIpc) is 3.27. The lowest BCUT2D eigenvalue weighted by atomic mass is 9.92. The van der Waals surface area contributed by atoms with E-state index >= 15 is 0 Å². The molecule has 0 unspecified atom stereocenters. The molecule has 4 rings (SSSR count). The number of carbonyl (C=O) groups is 1. The van der Waals surface area contributed by atoms with Gasteiger partial charge in [0.1, 0.15) is 5.82 Å². The first kappa shape index (κ1) is 18.3. The number of fused-ring (bicyclic) bond motifs is 1. The van der Waals surface area contributed by atoms with Crippen molar-refractivity contribution < 1.29 is 4.79 Å². The summed E-state index contributed by atoms with van der Waals surface area (Å²) >= 11 is 0. The number of rotatable bonds is 3. The Morgan fingerprint density at radius 2 is 1.93 bits per heavy atom. The number of aryl methyl sites for hydroxylation is 1. The Kier molecular flexibility index (Phi) is 4.48. The topological polar surface area (TPSA) is 106 Å². The third kappa shape index (κ3) is 3.54. The Morgan fingerprint density at radius 3 is 2.61 bits per heavy atom. The fraction of sp³-hybridized carbons (Fsp3) is 0.556. The van der Waals surface area contributed by atoms with Gasteiger partial charge >= 0.3 is 0 Å². The number of tetrazole rings is 1. The Morgan fingerprint density at radius 1 is 1.18 bits per heavy atom. The molecule has 0 bridgehead atoms. The number of amides is 1. The van der Waals surface area contributed by atoms with Gasteiger partial charge in [-0.05, 0) is 35.4 Å². The van der Waals surface area contributed by atoms with Crippen LogP contribution in [0, 0.1) is 5.92 Å². The first-order valence-electron chi connectivity index (χ1n) is 9.47. The number of hydrogen-bond donors (Lipinski definition) is 1. The molecule has 3 aromatic heterocycles. The Bertz CT molecular complexity index is 992. The second kappa shape index (κ2) is 6.84. The minimum atomic E-state index is -0.0558. The molecular weight excluding hydrogens is 358 g/mol. The lowest BCUT2D eigenvalue weighted by molar-refractivity contribution is -0.120. The molecule has 10 heteroatoms. The summed E-state index contributed by atoms with van der Waals surface area (Å²) in [6, 6.07) is 5.71. The monoisotopic (exact) mass is 383 g/mol. The van der Waals surface area contributed by atoms with Crippen LogP contribution in [0.25, 0.3) is 5.65 Å². The van der Waals surface area contributed by atoms with Crippen molar-refractivity contribution in [1.29, 1.82) is 0 Å². The van der Waals surface area contributed by atoms with Gasteiger partial charge in [0.05, 0.1) is 5.69 Å². The molecule has 1 amide bonds. The zero-order valence-electron chi connectivity index (χ0n) is 16.6. The van der Waals surface area contributed by atoms with Crippen LogP contribution < -0.4 is 10.2 Å². The second-order valence-electron chi connectivity index (χ2n) is 8.26. The third-order valence-electron chi connectivity index (χ3n) is 5.14. The number of hydrogen-bond acceptors (Lipinski definition) is 7. The normalized spacial score (nSPS) is 15.9. The van der Waals surface area contributed by atoms with Crippen LogP contribution in [0.5, 0.6) is 0 Å². The van der Waals surface area contributed by atoms with Crippen molar-refractivity contribution in [2.24, 2.45) is 13.0 Å². The Balaban J connectivity index is 1.38. The van der Waals surface area contributed by atoms with Gasteiger partial charge in [0, 0.05) is 37.5 Å². The summed E-state index contributed by atoms with van der Waals surface area (Å²) < 4.78 is 3.16. The van der Waals surface area contributed by atoms with Crippen LogP contribution in [0.15, 0.2) is 18.2 Å². The quantitative estimate of drug-likeness (QED) is 0.729. The summed E-state index contributed by atoms with van der Waals surface area (Å²) in [6.45, 7) is 7.85. The van der Waals surface area contributed by atoms with Crippen LogP contribution in [0.1, 0.15) is 39.3 Å². The van der Waals surface area contributed by atoms with Gasteiger partial charge in [0.2, 0.25) is 5.91 Å². The summed E-state index contributed by atoms with van der Waals surface area (Å²) in [4.78, 5) is 14.9. The van der Waals surface area contributed by atoms with E-state index in [0.29, 0.717) is 5.65 Å². The zero-order valence-corrected chi connectivity index (χ0v) is 16.6. The standard InChI is InChI=1S/C18H25N9O/c1-18(2,3)13-11-16(25(4)21-13)19-17(28)12-7-9-26(10-8-12)15-6-5-14-20-23-24-27(14)22-15/h5-6,11-12H,7-10H2,1-4H3,(H,19,28). The molecule has 28 heavy (non-hydrogen) atoms. The van der Waals surface area contributed by atoms with E-state index in [9.17, 15) is 4.79 Å². The summed E-state index contributed by atoms with van der Waals surface area (Å²) in [5, 5.41) is 23.3. The van der Waals surface area contributed by atoms with Crippen LogP contribution >= 0.6 is 0 Å². The molecule has 0 aliphatic carbocycles. The molecule has 1 aliphatic heterocycles. The van der Waals surface area contributed by atoms with Crippen molar-refractivity contribution in [2.75, 3.05) is 23.3 Å². The predicted octanol–water partition coefficient (Wildman–Crippen LogP) is 1.41. The highest BCUT2D eigenvalue weighted by atomic mass is 16.2. The molecule has 1 saturated heterocycles. The van der Waals surface area contributed by atoms with Gasteiger partial charge in [-0.1, -0.05) is 20.8 Å². The van der Waals surface area contributed by atoms with Crippen molar-refractivity contribution >= 4 is 23.2 Å². The van der Waals surface area contributed by atoms with Gasteiger partial charge in [-0.15, -0.1) is 14.8 Å². The molecule has 0 aromatic carbocycles. The summed E-state index contributed by atoms with van der Waals surface area (Å²) in [5.74, 6) is 1.58. The molecule has 0 radical (unpaired) electrons. The summed E-state index contributed by atoms with van der Waals surface area (Å²) in [7, 11) is 1.86. The molecule has 0 spiro atoms. The number of carbonyl (C=O) groups excluding carboxylic acids is 1. The minimum Gasteiger partial charge on any atom is -0.355 e. The molecule has 1 N–H and O–H groups in total. The predicted molar refractivity (Wildman–Crippen MR) is 104 cm³/mol. The Hall–Kier alpha value is -3.04. The molecule has 1 aliphatic rings. The molecule has 3 aromatic rings. The van der Waals surface area contributed by atoms with Crippen molar-refractivity contribution in [2.45, 2.75) is 39.0 Å². The van der Waals surface area contributed by atoms with Crippen molar-refractivity contribution in [3.8, 4) is 0 Å². The smallest absolute Gasteiger partial charge is 0.228 e. The molecule has 4 heterocycles. The van der Waals surface area contributed by atoms with E-state index < -0.39 is 0 Å². The van der Waals surface area contributed by atoms with E-state index in [-0.39, 0.29) is 17.2 Å². The van der Waals surface area contributed by atoms with E-state index in [1.807, 2.05) is 25.2 Å². The number of nitrogens with zero attached hydrogens (tertiary/aromatic N) is 8. The van der Waals surface area contributed by atoms with E-state index in [1.165, 1.54) is 4.63 Å². The van der Waals surface area contributed by atoms with Gasteiger partial charge in [-0.3, -0.25) is 9.48 Å². The van der Waals surface area contributed by atoms with Gasteiger partial charge in [0.15, 0.2) is 11.5 Å². The van der Waals surface area contributed by atoms with Crippen LogP contribution in [-0.4, -0.2) is 54.0 Å². The lowest BCUT2D eigenvalue weighted by Crippen LogP contribution is -2.39. The molecule has 1 fully saturated rings. The molecule has 0 saturated carbocycles. The van der Waals surface area contributed by atoms with Crippen molar-refractivity contribution in [3.05, 3.63) is 23.9 Å². The molecule has 10 nitrogen and oxygen atoms in total. The molecular formula is C18H25N9O. The highest BCUT2D eigenvalue weighted by Crippen LogP contribution is 2.26. The van der Waals surface area contributed by atoms with Crippen molar-refractivity contribution in [1.82, 2.24) is 35.0 Å². The highest BCUT2D eigenvalue weighted by Gasteiger charge is 2.27. The fourth-order valence-corrected chi connectivity index (χ4v) is 3.36. The van der Waals surface area contributed by atoms with Gasteiger partial charge in [-0.2, -0.15) is 5.10 Å². The SMILES string of the molecule is Cn1nc(C(C)(C)C)cc1NC(=O)C1CCN(c2ccc3nnnn3n2)CC1. The van der Waals surface area contributed by atoms with Gasteiger partial charge in [0.25, 0.3) is 0 Å². The van der Waals surface area contributed by atoms with E-state index in [2.05, 4.69) is 56.7 Å². The highest BCUT2D eigenvalue weighted by molar-refractivity contribution is 5.92. The molecule has 0 atom stereocenters. The zero-order chi connectivity index (χ0) is 19.9. The first-order valence-corrected chi connectivity index (χ1v) is 9.47. The number of anilines is 2. The van der Waals surface area contributed by atoms with E-state index in [0.717, 1.165) is 43.3 Å². The second-order valence-corrected chi connectivity index (χ2v) is 8.26. The van der Waals surface area contributed by atoms with Gasteiger partial charge < -0.3 is 10.2 Å². The van der Waals surface area contributed by atoms with Crippen LogP contribution in [-0.2, 0) is 17.3 Å². The number of nitrogens with one attached hydrogen (secondary N) is 1. The minimum absolute atomic E-state index is 0.0268. The molecule has 148 valence electrons. The maximum atomic E-state index is 12.7. The van der Waals surface area contributed by atoms with Crippen LogP contribution in [0.3, 0.4) is 0 Å². The number of aromatic nitrogens is 7. The maximum absolute atomic E-state index is 12.7. The van der Waals surface area contributed by atoms with Gasteiger partial charge in [-0.25, -0.2) is 0 Å². The lowest BCUT2D eigenvalue weighted by Gasteiger charge is -2.31. The van der Waals surface area contributed by atoms with Crippen molar-refractivity contribution in [3.63, 3.8) is 0 Å². The Labute approximate surface area is 162 Å². The fourth-order valence-electron chi connectivity index (χ4n) is 3.36. The summed E-state index contributed by atoms with van der Waals surface area (Å²) in [5.41, 5.74) is 1.52. The summed E-state index contributed by atoms with van der Waals surface area (Å²) in [6.07, 6.45) is 1.54. The number of piperidine rings is 1. The largest absolute Gasteiger partial charge is 0.355 e. The first-order chi connectivity index (χ1) is 13.3. The maximum Gasteiger partial charge on any atom is 0.228 e. The van der Waals surface area contributed by atoms with E-state index in [1.54, 1.807) is 4.68 Å². The average molecular weight is 383 g/mol.